The van der Waals surface area contributed by atoms with Gasteiger partial charge in [-0.2, -0.15) is 5.10 Å². The highest BCUT2D eigenvalue weighted by atomic mass is 35.5. The van der Waals surface area contributed by atoms with Crippen molar-refractivity contribution in [3.63, 3.8) is 0 Å². The predicted molar refractivity (Wildman–Crippen MR) is 73.0 cm³/mol. The van der Waals surface area contributed by atoms with Crippen LogP contribution in [-0.4, -0.2) is 21.8 Å². The van der Waals surface area contributed by atoms with E-state index in [1.54, 1.807) is 17.1 Å². The summed E-state index contributed by atoms with van der Waals surface area (Å²) in [4.78, 5) is 4.22. The second-order valence-corrected chi connectivity index (χ2v) is 4.83. The molecule has 1 aromatic heterocycles. The largest absolute Gasteiger partial charge is 0.313 e. The van der Waals surface area contributed by atoms with Crippen molar-refractivity contribution in [2.75, 3.05) is 7.05 Å². The Bertz CT molecular complexity index is 539. The lowest BCUT2D eigenvalue weighted by Gasteiger charge is -2.16. The first kappa shape index (κ1) is 13.3. The van der Waals surface area contributed by atoms with Crippen molar-refractivity contribution in [2.24, 2.45) is 7.05 Å². The van der Waals surface area contributed by atoms with Gasteiger partial charge in [0.1, 0.15) is 12.2 Å². The van der Waals surface area contributed by atoms with Crippen molar-refractivity contribution in [2.45, 2.75) is 12.5 Å². The standard InChI is InChI=1S/C12H14Cl2N4/c1-15-11(6-12-16-7-17-18(12)2)8-3-4-9(13)10(14)5-8/h3-5,7,11,15H,6H2,1-2H3. The van der Waals surface area contributed by atoms with E-state index >= 15 is 0 Å². The second-order valence-electron chi connectivity index (χ2n) is 4.02. The van der Waals surface area contributed by atoms with E-state index in [-0.39, 0.29) is 6.04 Å². The van der Waals surface area contributed by atoms with E-state index in [2.05, 4.69) is 15.4 Å². The number of halogens is 2. The smallest absolute Gasteiger partial charge is 0.138 e. The van der Waals surface area contributed by atoms with E-state index in [0.717, 1.165) is 17.8 Å². The molecular formula is C12H14Cl2N4. The first-order valence-corrected chi connectivity index (χ1v) is 6.32. The first-order valence-electron chi connectivity index (χ1n) is 5.57. The zero-order valence-corrected chi connectivity index (χ0v) is 11.7. The second kappa shape index (κ2) is 5.69. The van der Waals surface area contributed by atoms with Crippen LogP contribution < -0.4 is 5.32 Å². The summed E-state index contributed by atoms with van der Waals surface area (Å²) in [6.45, 7) is 0. The predicted octanol–water partition coefficient (Wildman–Crippen LogP) is 2.63. The molecular weight excluding hydrogens is 271 g/mol. The van der Waals surface area contributed by atoms with Crippen LogP contribution in [0.3, 0.4) is 0 Å². The van der Waals surface area contributed by atoms with Crippen molar-refractivity contribution in [1.82, 2.24) is 20.1 Å². The quantitative estimate of drug-likeness (QED) is 0.939. The molecule has 1 unspecified atom stereocenters. The molecule has 0 aliphatic rings. The fourth-order valence-electron chi connectivity index (χ4n) is 1.80. The molecule has 1 atom stereocenters. The molecule has 0 radical (unpaired) electrons. The molecule has 0 spiro atoms. The van der Waals surface area contributed by atoms with Crippen LogP contribution in [0.25, 0.3) is 0 Å². The molecule has 2 aromatic rings. The van der Waals surface area contributed by atoms with Gasteiger partial charge in [-0.05, 0) is 24.7 Å². The first-order chi connectivity index (χ1) is 8.61. The van der Waals surface area contributed by atoms with Crippen LogP contribution in [0.1, 0.15) is 17.4 Å². The summed E-state index contributed by atoms with van der Waals surface area (Å²) in [7, 11) is 3.79. The van der Waals surface area contributed by atoms with Gasteiger partial charge in [-0.1, -0.05) is 29.3 Å². The van der Waals surface area contributed by atoms with Crippen LogP contribution in [0, 0.1) is 0 Å². The number of aromatic nitrogens is 3. The fraction of sp³-hybridized carbons (Fsp3) is 0.333. The molecule has 0 aliphatic carbocycles. The Balaban J connectivity index is 2.23. The minimum atomic E-state index is 0.127. The van der Waals surface area contributed by atoms with E-state index in [1.807, 2.05) is 26.2 Å². The van der Waals surface area contributed by atoms with Crippen molar-refractivity contribution >= 4 is 23.2 Å². The van der Waals surface area contributed by atoms with E-state index < -0.39 is 0 Å². The number of rotatable bonds is 4. The summed E-state index contributed by atoms with van der Waals surface area (Å²) in [5.41, 5.74) is 1.08. The van der Waals surface area contributed by atoms with Crippen LogP contribution in [0.4, 0.5) is 0 Å². The molecule has 0 saturated carbocycles. The van der Waals surface area contributed by atoms with Gasteiger partial charge in [0.25, 0.3) is 0 Å². The highest BCUT2D eigenvalue weighted by Gasteiger charge is 2.14. The number of likely N-dealkylation sites (N-methyl/N-ethyl adjacent to an activating group) is 1. The summed E-state index contributed by atoms with van der Waals surface area (Å²) in [5, 5.41) is 8.43. The molecule has 1 N–H and O–H groups in total. The molecule has 0 amide bonds. The highest BCUT2D eigenvalue weighted by Crippen LogP contribution is 2.26. The summed E-state index contributed by atoms with van der Waals surface area (Å²) in [5.74, 6) is 0.917. The molecule has 0 fully saturated rings. The molecule has 18 heavy (non-hydrogen) atoms. The number of benzene rings is 1. The monoisotopic (exact) mass is 284 g/mol. The maximum absolute atomic E-state index is 6.04. The minimum Gasteiger partial charge on any atom is -0.313 e. The summed E-state index contributed by atoms with van der Waals surface area (Å²) < 4.78 is 1.77. The molecule has 4 nitrogen and oxygen atoms in total. The van der Waals surface area contributed by atoms with Crippen LogP contribution >= 0.6 is 23.2 Å². The third kappa shape index (κ3) is 2.83. The summed E-state index contributed by atoms with van der Waals surface area (Å²) in [6, 6.07) is 5.77. The van der Waals surface area contributed by atoms with Crippen LogP contribution in [0.15, 0.2) is 24.5 Å². The van der Waals surface area contributed by atoms with Crippen LogP contribution in [0.2, 0.25) is 10.0 Å². The Hall–Kier alpha value is -1.10. The Morgan fingerprint density at radius 2 is 2.11 bits per heavy atom. The van der Waals surface area contributed by atoms with Gasteiger partial charge in [0, 0.05) is 19.5 Å². The van der Waals surface area contributed by atoms with Gasteiger partial charge >= 0.3 is 0 Å². The molecule has 96 valence electrons. The van der Waals surface area contributed by atoms with Crippen molar-refractivity contribution in [1.29, 1.82) is 0 Å². The highest BCUT2D eigenvalue weighted by molar-refractivity contribution is 6.42. The lowest BCUT2D eigenvalue weighted by atomic mass is 10.0. The average Bonchev–Trinajstić information content (AvgIpc) is 2.75. The van der Waals surface area contributed by atoms with Crippen molar-refractivity contribution < 1.29 is 0 Å². The van der Waals surface area contributed by atoms with Crippen molar-refractivity contribution in [3.8, 4) is 0 Å². The molecule has 0 aliphatic heterocycles. The number of hydrogen-bond donors (Lipinski definition) is 1. The van der Waals surface area contributed by atoms with E-state index in [1.165, 1.54) is 0 Å². The third-order valence-corrected chi connectivity index (χ3v) is 3.63. The van der Waals surface area contributed by atoms with Gasteiger partial charge in [-0.25, -0.2) is 4.98 Å². The summed E-state index contributed by atoms with van der Waals surface area (Å²) >= 11 is 12.0. The Labute approximate surface area is 116 Å². The molecule has 2 rings (SSSR count). The van der Waals surface area contributed by atoms with E-state index in [9.17, 15) is 0 Å². The van der Waals surface area contributed by atoms with Crippen molar-refractivity contribution in [3.05, 3.63) is 46.0 Å². The van der Waals surface area contributed by atoms with Gasteiger partial charge in [-0.3, -0.25) is 4.68 Å². The number of aryl methyl sites for hydroxylation is 1. The maximum atomic E-state index is 6.04. The number of nitrogens with zero attached hydrogens (tertiary/aromatic N) is 3. The maximum Gasteiger partial charge on any atom is 0.138 e. The Morgan fingerprint density at radius 1 is 1.33 bits per heavy atom. The molecule has 0 saturated heterocycles. The normalized spacial score (nSPS) is 12.7. The van der Waals surface area contributed by atoms with Gasteiger partial charge < -0.3 is 5.32 Å². The lowest BCUT2D eigenvalue weighted by Crippen LogP contribution is -2.20. The van der Waals surface area contributed by atoms with Gasteiger partial charge in [0.05, 0.1) is 10.0 Å². The van der Waals surface area contributed by atoms with E-state index in [4.69, 9.17) is 23.2 Å². The van der Waals surface area contributed by atoms with Gasteiger partial charge in [-0.15, -0.1) is 0 Å². The zero-order chi connectivity index (χ0) is 13.1. The Kier molecular flexibility index (Phi) is 4.22. The Morgan fingerprint density at radius 3 is 2.67 bits per heavy atom. The number of hydrogen-bond acceptors (Lipinski definition) is 3. The molecule has 0 bridgehead atoms. The summed E-state index contributed by atoms with van der Waals surface area (Å²) in [6.07, 6.45) is 2.29. The average molecular weight is 285 g/mol. The number of nitrogens with one attached hydrogen (secondary N) is 1. The molecule has 1 aromatic carbocycles. The molecule has 1 heterocycles. The van der Waals surface area contributed by atoms with Crippen LogP contribution in [0.5, 0.6) is 0 Å². The SMILES string of the molecule is CNC(Cc1ncnn1C)c1ccc(Cl)c(Cl)c1. The minimum absolute atomic E-state index is 0.127. The topological polar surface area (TPSA) is 42.7 Å². The third-order valence-electron chi connectivity index (χ3n) is 2.89. The molecule has 6 heteroatoms. The van der Waals surface area contributed by atoms with Gasteiger partial charge in [0.2, 0.25) is 0 Å². The van der Waals surface area contributed by atoms with Gasteiger partial charge in [0.15, 0.2) is 0 Å². The lowest BCUT2D eigenvalue weighted by molar-refractivity contribution is 0.553. The van der Waals surface area contributed by atoms with E-state index in [0.29, 0.717) is 10.0 Å². The fourth-order valence-corrected chi connectivity index (χ4v) is 2.11. The van der Waals surface area contributed by atoms with Crippen LogP contribution in [-0.2, 0) is 13.5 Å². The zero-order valence-electron chi connectivity index (χ0n) is 10.2.